The Kier molecular flexibility index (Phi) is 9.22. The number of halogens is 1. The number of thiazole rings is 1. The van der Waals surface area contributed by atoms with E-state index in [2.05, 4.69) is 34.6 Å². The van der Waals surface area contributed by atoms with Crippen molar-refractivity contribution in [2.45, 2.75) is 50.6 Å². The summed E-state index contributed by atoms with van der Waals surface area (Å²) >= 11 is 7.11. The smallest absolute Gasteiger partial charge is 0.305 e. The molecular weight excluding hydrogens is 544 g/mol. The van der Waals surface area contributed by atoms with Crippen LogP contribution in [-0.2, 0) is 30.5 Å². The molecular formula is C31H35ClN4O3S. The number of amides is 1. The molecule has 1 aliphatic rings. The largest absolute Gasteiger partial charge is 0.506 e. The molecule has 9 heteroatoms. The van der Waals surface area contributed by atoms with E-state index < -0.39 is 0 Å². The molecule has 210 valence electrons. The lowest BCUT2D eigenvalue weighted by Crippen LogP contribution is -2.46. The first-order valence-corrected chi connectivity index (χ1v) is 15.0. The fraction of sp³-hybridized carbons (Fsp3) is 0.355. The summed E-state index contributed by atoms with van der Waals surface area (Å²) in [6.45, 7) is 1.95. The average molecular weight is 579 g/mol. The third kappa shape index (κ3) is 6.93. The molecule has 4 aromatic rings. The number of nitrogens with one attached hydrogen (secondary N) is 2. The Labute approximate surface area is 243 Å². The van der Waals surface area contributed by atoms with E-state index in [-0.39, 0.29) is 28.6 Å². The second-order valence-electron chi connectivity index (χ2n) is 10.5. The van der Waals surface area contributed by atoms with Crippen LogP contribution >= 0.6 is 22.9 Å². The summed E-state index contributed by atoms with van der Waals surface area (Å²) in [5.41, 5.74) is 11.7. The Balaban J connectivity index is 1.17. The van der Waals surface area contributed by atoms with E-state index in [9.17, 15) is 14.7 Å². The van der Waals surface area contributed by atoms with Crippen LogP contribution in [0.3, 0.4) is 0 Å². The quantitative estimate of drug-likeness (QED) is 0.186. The molecule has 1 aromatic heterocycles. The van der Waals surface area contributed by atoms with Crippen molar-refractivity contribution in [1.82, 2.24) is 15.2 Å². The summed E-state index contributed by atoms with van der Waals surface area (Å²) in [5.74, 6) is 0.184. The highest BCUT2D eigenvalue weighted by atomic mass is 35.5. The maximum Gasteiger partial charge on any atom is 0.305 e. The van der Waals surface area contributed by atoms with Crippen molar-refractivity contribution in [1.29, 1.82) is 0 Å². The van der Waals surface area contributed by atoms with Crippen molar-refractivity contribution in [3.63, 3.8) is 0 Å². The number of aromatic amines is 1. The Morgan fingerprint density at radius 2 is 1.80 bits per heavy atom. The second-order valence-corrected chi connectivity index (χ2v) is 11.9. The Morgan fingerprint density at radius 1 is 1.07 bits per heavy atom. The first kappa shape index (κ1) is 28.4. The van der Waals surface area contributed by atoms with Crippen LogP contribution < -0.4 is 15.9 Å². The van der Waals surface area contributed by atoms with E-state index in [1.165, 1.54) is 11.1 Å². The minimum atomic E-state index is -0.215. The minimum Gasteiger partial charge on any atom is -0.506 e. The third-order valence-electron chi connectivity index (χ3n) is 7.68. The van der Waals surface area contributed by atoms with Gasteiger partial charge in [-0.15, -0.1) is 0 Å². The van der Waals surface area contributed by atoms with Crippen LogP contribution in [0.2, 0.25) is 5.02 Å². The molecule has 1 amide bonds. The molecule has 5 rings (SSSR count). The lowest BCUT2D eigenvalue weighted by Gasteiger charge is -2.30. The number of H-pyrrole nitrogens is 1. The van der Waals surface area contributed by atoms with Crippen LogP contribution in [0.1, 0.15) is 35.1 Å². The zero-order chi connectivity index (χ0) is 28.1. The van der Waals surface area contributed by atoms with Crippen LogP contribution in [0, 0.1) is 0 Å². The van der Waals surface area contributed by atoms with Crippen LogP contribution in [0.4, 0.5) is 0 Å². The summed E-state index contributed by atoms with van der Waals surface area (Å²) in [5, 5.41) is 14.2. The number of phenolic OH excluding ortho intramolecular Hbond substituents is 1. The highest BCUT2D eigenvalue weighted by Crippen LogP contribution is 2.28. The fourth-order valence-corrected chi connectivity index (χ4v) is 6.55. The number of carbonyl (C=O) groups is 1. The number of fused-ring (bicyclic) bond motifs is 2. The van der Waals surface area contributed by atoms with Gasteiger partial charge in [-0.05, 0) is 79.1 Å². The molecule has 0 spiro atoms. The number of aromatic nitrogens is 1. The number of nitrogens with two attached hydrogens (primary N) is 1. The van der Waals surface area contributed by atoms with Gasteiger partial charge in [0.15, 0.2) is 0 Å². The van der Waals surface area contributed by atoms with Crippen molar-refractivity contribution < 1.29 is 9.90 Å². The standard InChI is InChI=1S/C31H35ClN4O3S/c32-24-9-5-20(6-10-24)7-11-25(33)19-28(38)36(26-17-22-3-1-2-4-23(22)18-26)16-15-34-14-13-21-8-12-27(37)29-30(21)40-31(39)35-29/h1-6,8-10,12,25-26,34,37H,7,11,13-19,33H2,(H,35,39). The van der Waals surface area contributed by atoms with Crippen LogP contribution in [0.15, 0.2) is 65.5 Å². The maximum atomic E-state index is 13.6. The maximum absolute atomic E-state index is 13.6. The predicted molar refractivity (Wildman–Crippen MR) is 162 cm³/mol. The van der Waals surface area contributed by atoms with Gasteiger partial charge < -0.3 is 26.0 Å². The number of benzene rings is 3. The average Bonchev–Trinajstić information content (AvgIpc) is 3.55. The number of hydrogen-bond donors (Lipinski definition) is 4. The number of hydrogen-bond acceptors (Lipinski definition) is 6. The minimum absolute atomic E-state index is 0.0862. The van der Waals surface area contributed by atoms with E-state index in [0.29, 0.717) is 43.0 Å². The molecule has 0 saturated heterocycles. The van der Waals surface area contributed by atoms with Gasteiger partial charge in [0.25, 0.3) is 0 Å². The zero-order valence-electron chi connectivity index (χ0n) is 22.4. The summed E-state index contributed by atoms with van der Waals surface area (Å²) in [6.07, 6.45) is 4.29. The molecule has 1 aliphatic carbocycles. The van der Waals surface area contributed by atoms with Gasteiger partial charge >= 0.3 is 4.87 Å². The Bertz CT molecular complexity index is 1490. The van der Waals surface area contributed by atoms with Crippen molar-refractivity contribution in [3.8, 4) is 5.75 Å². The van der Waals surface area contributed by atoms with Gasteiger partial charge in [-0.25, -0.2) is 0 Å². The van der Waals surface area contributed by atoms with E-state index in [1.54, 1.807) is 6.07 Å². The monoisotopic (exact) mass is 578 g/mol. The number of phenols is 1. The van der Waals surface area contributed by atoms with Crippen molar-refractivity contribution in [2.75, 3.05) is 19.6 Å². The molecule has 0 bridgehead atoms. The van der Waals surface area contributed by atoms with E-state index >= 15 is 0 Å². The van der Waals surface area contributed by atoms with Crippen LogP contribution in [-0.4, -0.2) is 52.6 Å². The normalized spacial score (nSPS) is 13.9. The molecule has 1 heterocycles. The molecule has 1 unspecified atom stereocenters. The second kappa shape index (κ2) is 13.0. The fourth-order valence-electron chi connectivity index (χ4n) is 5.53. The summed E-state index contributed by atoms with van der Waals surface area (Å²) in [6, 6.07) is 19.6. The van der Waals surface area contributed by atoms with Crippen molar-refractivity contribution in [2.24, 2.45) is 5.73 Å². The number of nitrogens with zero attached hydrogens (tertiary/aromatic N) is 1. The van der Waals surface area contributed by atoms with E-state index in [4.69, 9.17) is 17.3 Å². The highest BCUT2D eigenvalue weighted by Gasteiger charge is 2.30. The number of aryl methyl sites for hydroxylation is 1. The molecule has 1 atom stereocenters. The van der Waals surface area contributed by atoms with Crippen LogP contribution in [0.25, 0.3) is 10.2 Å². The molecule has 0 fully saturated rings. The topological polar surface area (TPSA) is 111 Å². The first-order chi connectivity index (χ1) is 19.4. The predicted octanol–water partition coefficient (Wildman–Crippen LogP) is 4.43. The summed E-state index contributed by atoms with van der Waals surface area (Å²) in [7, 11) is 0. The van der Waals surface area contributed by atoms with Crippen molar-refractivity contribution >= 4 is 39.1 Å². The van der Waals surface area contributed by atoms with Gasteiger partial charge in [-0.1, -0.05) is 65.4 Å². The lowest BCUT2D eigenvalue weighted by atomic mass is 10.0. The highest BCUT2D eigenvalue weighted by molar-refractivity contribution is 7.16. The van der Waals surface area contributed by atoms with Gasteiger partial charge in [0.1, 0.15) is 11.3 Å². The Morgan fingerprint density at radius 3 is 2.52 bits per heavy atom. The van der Waals surface area contributed by atoms with Gasteiger partial charge in [0.05, 0.1) is 4.70 Å². The number of rotatable bonds is 12. The SMILES string of the molecule is NC(CCc1ccc(Cl)cc1)CC(=O)N(CCNCCc1ccc(O)c2[nH]c(=O)sc12)C1Cc2ccccc2C1. The van der Waals surface area contributed by atoms with Crippen molar-refractivity contribution in [3.05, 3.63) is 97.6 Å². The lowest BCUT2D eigenvalue weighted by molar-refractivity contribution is -0.133. The molecule has 0 saturated carbocycles. The molecule has 3 aromatic carbocycles. The summed E-state index contributed by atoms with van der Waals surface area (Å²) < 4.78 is 0.792. The molecule has 7 nitrogen and oxygen atoms in total. The zero-order valence-corrected chi connectivity index (χ0v) is 23.9. The summed E-state index contributed by atoms with van der Waals surface area (Å²) in [4.78, 5) is 29.9. The third-order valence-corrected chi connectivity index (χ3v) is 8.89. The first-order valence-electron chi connectivity index (χ1n) is 13.8. The van der Waals surface area contributed by atoms with Gasteiger partial charge in [-0.2, -0.15) is 0 Å². The molecule has 5 N–H and O–H groups in total. The van der Waals surface area contributed by atoms with Gasteiger partial charge in [0.2, 0.25) is 5.91 Å². The van der Waals surface area contributed by atoms with Gasteiger partial charge in [-0.3, -0.25) is 9.59 Å². The Hall–Kier alpha value is -3.17. The molecule has 0 aliphatic heterocycles. The number of carbonyl (C=O) groups excluding carboxylic acids is 1. The van der Waals surface area contributed by atoms with E-state index in [1.807, 2.05) is 35.2 Å². The molecule has 40 heavy (non-hydrogen) atoms. The van der Waals surface area contributed by atoms with Gasteiger partial charge in [0, 0.05) is 36.6 Å². The van der Waals surface area contributed by atoms with Crippen LogP contribution in [0.5, 0.6) is 5.75 Å². The number of aromatic hydroxyl groups is 1. The van der Waals surface area contributed by atoms with E-state index in [0.717, 1.165) is 52.8 Å². The molecule has 0 radical (unpaired) electrons.